The van der Waals surface area contributed by atoms with Gasteiger partial charge in [-0.3, -0.25) is 9.59 Å². The van der Waals surface area contributed by atoms with Crippen molar-refractivity contribution in [2.24, 2.45) is 5.92 Å². The molecule has 0 aliphatic rings. The van der Waals surface area contributed by atoms with Crippen molar-refractivity contribution in [2.75, 3.05) is 5.32 Å². The first kappa shape index (κ1) is 31.9. The number of nitrogens with zero attached hydrogens (tertiary/aromatic N) is 1. The number of benzene rings is 2. The molecule has 2 rings (SSSR count). The third kappa shape index (κ3) is 8.57. The quantitative estimate of drug-likeness (QED) is 0.385. The monoisotopic (exact) mass is 537 g/mol. The summed E-state index contributed by atoms with van der Waals surface area (Å²) < 4.78 is 5.49. The molecule has 0 heterocycles. The Morgan fingerprint density at radius 1 is 0.923 bits per heavy atom. The number of aryl methyl sites for hydroxylation is 3. The predicted octanol–water partition coefficient (Wildman–Crippen LogP) is 6.86. The molecule has 0 aliphatic heterocycles. The molecule has 0 aliphatic carbocycles. The van der Waals surface area contributed by atoms with Crippen LogP contribution in [0.15, 0.2) is 42.5 Å². The highest BCUT2D eigenvalue weighted by Crippen LogP contribution is 2.33. The van der Waals surface area contributed by atoms with Gasteiger partial charge in [-0.15, -0.1) is 0 Å². The van der Waals surface area contributed by atoms with Gasteiger partial charge in [0.1, 0.15) is 17.7 Å². The smallest absolute Gasteiger partial charge is 0.408 e. The molecule has 0 spiro atoms. The molecule has 7 nitrogen and oxygen atoms in total. The van der Waals surface area contributed by atoms with Crippen LogP contribution in [0.1, 0.15) is 90.1 Å². The van der Waals surface area contributed by atoms with Gasteiger partial charge in [0.25, 0.3) is 5.91 Å². The number of carbonyl (C=O) groups is 3. The summed E-state index contributed by atoms with van der Waals surface area (Å²) in [6, 6.07) is 11.7. The largest absolute Gasteiger partial charge is 0.444 e. The minimum Gasteiger partial charge on any atom is -0.444 e. The highest BCUT2D eigenvalue weighted by Gasteiger charge is 2.43. The van der Waals surface area contributed by atoms with Crippen molar-refractivity contribution in [1.82, 2.24) is 10.2 Å². The molecule has 0 fully saturated rings. The van der Waals surface area contributed by atoms with Gasteiger partial charge in [0, 0.05) is 11.2 Å². The summed E-state index contributed by atoms with van der Waals surface area (Å²) >= 11 is 0. The van der Waals surface area contributed by atoms with Gasteiger partial charge in [0.05, 0.1) is 0 Å². The number of nitrogens with one attached hydrogen (secondary N) is 2. The Labute approximate surface area is 234 Å². The number of hydrogen-bond donors (Lipinski definition) is 2. The zero-order chi connectivity index (χ0) is 29.7. The fourth-order valence-corrected chi connectivity index (χ4v) is 4.57. The van der Waals surface area contributed by atoms with E-state index in [1.54, 1.807) is 25.7 Å². The van der Waals surface area contributed by atoms with E-state index in [0.717, 1.165) is 22.4 Å². The van der Waals surface area contributed by atoms with E-state index in [2.05, 4.69) is 10.6 Å². The zero-order valence-electron chi connectivity index (χ0n) is 25.6. The molecule has 0 saturated carbocycles. The fraction of sp³-hybridized carbons (Fsp3) is 0.531. The molecular weight excluding hydrogens is 490 g/mol. The minimum absolute atomic E-state index is 0.199. The van der Waals surface area contributed by atoms with Crippen molar-refractivity contribution >= 4 is 23.6 Å². The van der Waals surface area contributed by atoms with E-state index in [-0.39, 0.29) is 17.7 Å². The van der Waals surface area contributed by atoms with Crippen LogP contribution < -0.4 is 10.6 Å². The molecule has 2 aromatic carbocycles. The molecular formula is C32H47N3O4. The summed E-state index contributed by atoms with van der Waals surface area (Å²) in [4.78, 5) is 43.1. The number of carbonyl (C=O) groups excluding carboxylic acids is 3. The summed E-state index contributed by atoms with van der Waals surface area (Å²) in [6.07, 6.45) is -0.0180. The lowest BCUT2D eigenvalue weighted by molar-refractivity contribution is -0.147. The van der Waals surface area contributed by atoms with Crippen molar-refractivity contribution in [3.8, 4) is 0 Å². The molecule has 0 aromatic heterocycles. The van der Waals surface area contributed by atoms with Crippen LogP contribution in [0.4, 0.5) is 10.5 Å². The SMILES string of the molecule is CCC(C)C(NC(=O)OC(C)(C)C)C(=O)N(C(C(=O)Nc1c(C)cccc1C)c1cccc(C)c1)C(C)(C)C. The Morgan fingerprint density at radius 2 is 1.49 bits per heavy atom. The zero-order valence-corrected chi connectivity index (χ0v) is 25.6. The molecule has 3 amide bonds. The molecule has 0 radical (unpaired) electrons. The van der Waals surface area contributed by atoms with Gasteiger partial charge in [-0.2, -0.15) is 0 Å². The normalized spacial score (nSPS) is 14.1. The Kier molecular flexibility index (Phi) is 10.4. The van der Waals surface area contributed by atoms with Gasteiger partial charge in [-0.1, -0.05) is 68.3 Å². The highest BCUT2D eigenvalue weighted by atomic mass is 16.6. The summed E-state index contributed by atoms with van der Waals surface area (Å²) in [5.41, 5.74) is 2.79. The van der Waals surface area contributed by atoms with E-state index in [0.29, 0.717) is 12.0 Å². The van der Waals surface area contributed by atoms with Crippen molar-refractivity contribution in [1.29, 1.82) is 0 Å². The van der Waals surface area contributed by atoms with E-state index in [1.165, 1.54) is 0 Å². The first-order valence-electron chi connectivity index (χ1n) is 13.7. The number of alkyl carbamates (subject to hydrolysis) is 1. The van der Waals surface area contributed by atoms with Crippen LogP contribution in [-0.2, 0) is 14.3 Å². The maximum Gasteiger partial charge on any atom is 0.408 e. The lowest BCUT2D eigenvalue weighted by Gasteiger charge is -2.44. The van der Waals surface area contributed by atoms with Crippen LogP contribution in [-0.4, -0.2) is 40.0 Å². The first-order valence-corrected chi connectivity index (χ1v) is 13.7. The maximum absolute atomic E-state index is 14.5. The number of anilines is 1. The molecule has 0 bridgehead atoms. The van der Waals surface area contributed by atoms with Crippen LogP contribution in [0, 0.1) is 26.7 Å². The van der Waals surface area contributed by atoms with E-state index in [1.807, 2.05) is 97.9 Å². The third-order valence-electron chi connectivity index (χ3n) is 6.71. The van der Waals surface area contributed by atoms with Crippen molar-refractivity contribution in [3.05, 3.63) is 64.7 Å². The second-order valence-corrected chi connectivity index (χ2v) is 12.5. The standard InChI is InChI=1S/C32H47N3O4/c1-12-21(3)26(34-30(38)39-32(9,10)11)29(37)35(31(6,7)8)27(24-18-13-15-20(2)19-24)28(36)33-25-22(4)16-14-17-23(25)5/h13-19,21,26-27H,12H2,1-11H3,(H,33,36)(H,34,38). The van der Waals surface area contributed by atoms with E-state index < -0.39 is 29.3 Å². The number of hydrogen-bond acceptors (Lipinski definition) is 4. The third-order valence-corrected chi connectivity index (χ3v) is 6.71. The lowest BCUT2D eigenvalue weighted by Crippen LogP contribution is -2.59. The Hall–Kier alpha value is -3.35. The van der Waals surface area contributed by atoms with E-state index in [4.69, 9.17) is 4.74 Å². The van der Waals surface area contributed by atoms with Crippen molar-refractivity contribution < 1.29 is 19.1 Å². The van der Waals surface area contributed by atoms with E-state index in [9.17, 15) is 14.4 Å². The second kappa shape index (κ2) is 12.7. The molecule has 2 aromatic rings. The highest BCUT2D eigenvalue weighted by molar-refractivity contribution is 6.00. The Bertz CT molecular complexity index is 1160. The molecule has 3 unspecified atom stereocenters. The summed E-state index contributed by atoms with van der Waals surface area (Å²) in [5.74, 6) is -0.859. The number of ether oxygens (including phenoxy) is 1. The minimum atomic E-state index is -0.941. The summed E-state index contributed by atoms with van der Waals surface area (Å²) in [7, 11) is 0. The number of rotatable bonds is 8. The number of amides is 3. The van der Waals surface area contributed by atoms with Crippen LogP contribution in [0.5, 0.6) is 0 Å². The van der Waals surface area contributed by atoms with Gasteiger partial charge in [-0.25, -0.2) is 4.79 Å². The van der Waals surface area contributed by atoms with Crippen LogP contribution in [0.2, 0.25) is 0 Å². The first-order chi connectivity index (χ1) is 18.0. The average molecular weight is 538 g/mol. The molecule has 39 heavy (non-hydrogen) atoms. The Morgan fingerprint density at radius 3 is 1.97 bits per heavy atom. The summed E-state index contributed by atoms with van der Waals surface area (Å²) in [5, 5.41) is 5.93. The van der Waals surface area contributed by atoms with E-state index >= 15 is 0 Å². The fourth-order valence-electron chi connectivity index (χ4n) is 4.57. The topological polar surface area (TPSA) is 87.7 Å². The van der Waals surface area contributed by atoms with Crippen LogP contribution in [0.3, 0.4) is 0 Å². The van der Waals surface area contributed by atoms with Crippen molar-refractivity contribution in [3.63, 3.8) is 0 Å². The molecule has 7 heteroatoms. The predicted molar refractivity (Wildman–Crippen MR) is 158 cm³/mol. The second-order valence-electron chi connectivity index (χ2n) is 12.5. The number of para-hydroxylation sites is 1. The molecule has 0 saturated heterocycles. The van der Waals surface area contributed by atoms with Gasteiger partial charge in [-0.05, 0) is 84.9 Å². The van der Waals surface area contributed by atoms with Crippen LogP contribution >= 0.6 is 0 Å². The van der Waals surface area contributed by atoms with Gasteiger partial charge in [0.2, 0.25) is 5.91 Å². The molecule has 3 atom stereocenters. The molecule has 214 valence electrons. The lowest BCUT2D eigenvalue weighted by atomic mass is 9.91. The van der Waals surface area contributed by atoms with Crippen molar-refractivity contribution in [2.45, 2.75) is 106 Å². The average Bonchev–Trinajstić information content (AvgIpc) is 2.80. The van der Waals surface area contributed by atoms with Crippen LogP contribution in [0.25, 0.3) is 0 Å². The summed E-state index contributed by atoms with van der Waals surface area (Å²) in [6.45, 7) is 20.8. The van der Waals surface area contributed by atoms with Gasteiger partial charge in [0.15, 0.2) is 0 Å². The van der Waals surface area contributed by atoms with Gasteiger partial charge < -0.3 is 20.3 Å². The molecule has 2 N–H and O–H groups in total. The van der Waals surface area contributed by atoms with Gasteiger partial charge >= 0.3 is 6.09 Å². The maximum atomic E-state index is 14.5. The Balaban J connectivity index is 2.65.